The third-order valence-corrected chi connectivity index (χ3v) is 11.1. The largest absolute Gasteiger partial charge is 0.508 e. The van der Waals surface area contributed by atoms with E-state index in [-0.39, 0.29) is 46.6 Å². The molecule has 0 unspecified atom stereocenters. The predicted octanol–water partition coefficient (Wildman–Crippen LogP) is 6.31. The second kappa shape index (κ2) is 18.0. The van der Waals surface area contributed by atoms with Crippen LogP contribution in [-0.4, -0.2) is 90.2 Å². The Bertz CT molecular complexity index is 2290. The summed E-state index contributed by atoms with van der Waals surface area (Å²) in [6, 6.07) is 10.1. The summed E-state index contributed by atoms with van der Waals surface area (Å²) >= 11 is 0. The molecule has 11 N–H and O–H groups in total. The summed E-state index contributed by atoms with van der Waals surface area (Å²) in [4.78, 5) is 26.0. The topological polar surface area (TPSA) is 249 Å². The molecule has 0 saturated carbocycles. The molecule has 14 nitrogen and oxygen atoms in total. The predicted molar refractivity (Wildman–Crippen MR) is 221 cm³/mol. The normalized spacial score (nSPS) is 15.7. The SMILES string of the molecule is CCNCCC[C@H]1CC(c2cc(O)c(O)c3c2-c2cccc(O)c2CCC3)=Cc2c(C=CC(=O)O[C@@H](C(=O)O)[C@H](CNCC)c3cc(O)c(O)c(O)c3)cc(O)c(O)c21. The number of esters is 1. The third-order valence-electron chi connectivity index (χ3n) is 11.1. The summed E-state index contributed by atoms with van der Waals surface area (Å²) in [5, 5.41) is 102. The molecule has 3 atom stereocenters. The molecule has 0 spiro atoms. The van der Waals surface area contributed by atoms with Gasteiger partial charge in [0.25, 0.3) is 0 Å². The van der Waals surface area contributed by atoms with Gasteiger partial charge in [0, 0.05) is 35.2 Å². The van der Waals surface area contributed by atoms with Crippen LogP contribution >= 0.6 is 0 Å². The quantitative estimate of drug-likeness (QED) is 0.0273. The van der Waals surface area contributed by atoms with Crippen LogP contribution in [0.25, 0.3) is 28.9 Å². The summed E-state index contributed by atoms with van der Waals surface area (Å²) in [5.41, 5.74) is 5.23. The molecular formula is C45H50N2O12. The number of hydrogen-bond acceptors (Lipinski definition) is 13. The van der Waals surface area contributed by atoms with Gasteiger partial charge in [-0.1, -0.05) is 32.1 Å². The lowest BCUT2D eigenvalue weighted by atomic mass is 9.75. The third kappa shape index (κ3) is 8.74. The summed E-state index contributed by atoms with van der Waals surface area (Å²) < 4.78 is 5.49. The molecule has 0 fully saturated rings. The molecule has 0 heterocycles. The van der Waals surface area contributed by atoms with Gasteiger partial charge >= 0.3 is 11.9 Å². The first-order valence-corrected chi connectivity index (χ1v) is 19.7. The van der Waals surface area contributed by atoms with Gasteiger partial charge in [-0.2, -0.15) is 0 Å². The minimum absolute atomic E-state index is 0.0448. The summed E-state index contributed by atoms with van der Waals surface area (Å²) in [6.45, 7) is 5.58. The molecule has 6 rings (SSSR count). The zero-order valence-corrected chi connectivity index (χ0v) is 32.8. The second-order valence-corrected chi connectivity index (χ2v) is 14.9. The van der Waals surface area contributed by atoms with Gasteiger partial charge < -0.3 is 61.3 Å². The second-order valence-electron chi connectivity index (χ2n) is 14.9. The van der Waals surface area contributed by atoms with Gasteiger partial charge in [-0.3, -0.25) is 0 Å². The minimum Gasteiger partial charge on any atom is -0.508 e. The van der Waals surface area contributed by atoms with Gasteiger partial charge in [0.15, 0.2) is 40.2 Å². The van der Waals surface area contributed by atoms with Crippen molar-refractivity contribution < 1.29 is 60.3 Å². The van der Waals surface area contributed by atoms with Gasteiger partial charge in [0.2, 0.25) is 6.10 Å². The van der Waals surface area contributed by atoms with Gasteiger partial charge in [-0.15, -0.1) is 0 Å². The van der Waals surface area contributed by atoms with Crippen LogP contribution in [-0.2, 0) is 27.2 Å². The Morgan fingerprint density at radius 3 is 2.19 bits per heavy atom. The van der Waals surface area contributed by atoms with Crippen molar-refractivity contribution in [2.75, 3.05) is 26.2 Å². The van der Waals surface area contributed by atoms with Crippen molar-refractivity contribution in [3.8, 4) is 57.1 Å². The first-order chi connectivity index (χ1) is 28.2. The van der Waals surface area contributed by atoms with E-state index >= 15 is 0 Å². The summed E-state index contributed by atoms with van der Waals surface area (Å²) in [6.07, 6.45) is 5.54. The number of allylic oxidation sites excluding steroid dienone is 1. The fourth-order valence-electron chi connectivity index (χ4n) is 8.31. The Kier molecular flexibility index (Phi) is 12.9. The van der Waals surface area contributed by atoms with Crippen molar-refractivity contribution >= 4 is 29.7 Å². The number of carbonyl (C=O) groups excluding carboxylic acids is 1. The summed E-state index contributed by atoms with van der Waals surface area (Å²) in [5.74, 6) is -7.44. The van der Waals surface area contributed by atoms with Crippen LogP contribution in [0.5, 0.6) is 46.0 Å². The molecule has 4 aromatic rings. The lowest BCUT2D eigenvalue weighted by molar-refractivity contribution is -0.162. The molecule has 0 amide bonds. The number of likely N-dealkylation sites (N-methyl/N-ethyl adjacent to an activating group) is 1. The molecule has 4 aromatic carbocycles. The molecule has 0 aliphatic heterocycles. The zero-order chi connectivity index (χ0) is 42.5. The average Bonchev–Trinajstić information content (AvgIpc) is 3.41. The van der Waals surface area contributed by atoms with Crippen LogP contribution in [0.15, 0.2) is 48.5 Å². The number of ether oxygens (including phenoxy) is 1. The van der Waals surface area contributed by atoms with E-state index in [9.17, 15) is 55.5 Å². The van der Waals surface area contributed by atoms with Gasteiger partial charge in [0.1, 0.15) is 5.75 Å². The van der Waals surface area contributed by atoms with Gasteiger partial charge in [-0.05, 0) is 139 Å². The Balaban J connectivity index is 1.45. The van der Waals surface area contributed by atoms with Crippen LogP contribution in [0.4, 0.5) is 0 Å². The van der Waals surface area contributed by atoms with Crippen molar-refractivity contribution in [1.29, 1.82) is 0 Å². The number of nitrogens with one attached hydrogen (secondary N) is 2. The van der Waals surface area contributed by atoms with E-state index in [4.69, 9.17) is 4.74 Å². The van der Waals surface area contributed by atoms with E-state index in [0.29, 0.717) is 90.6 Å². The van der Waals surface area contributed by atoms with Crippen LogP contribution in [0.1, 0.15) is 90.3 Å². The molecule has 312 valence electrons. The highest BCUT2D eigenvalue weighted by Gasteiger charge is 2.35. The lowest BCUT2D eigenvalue weighted by Crippen LogP contribution is -2.38. The number of rotatable bonds is 15. The van der Waals surface area contributed by atoms with E-state index < -0.39 is 47.0 Å². The highest BCUT2D eigenvalue weighted by atomic mass is 16.6. The highest BCUT2D eigenvalue weighted by Crippen LogP contribution is 2.53. The van der Waals surface area contributed by atoms with Crippen molar-refractivity contribution in [1.82, 2.24) is 10.6 Å². The maximum Gasteiger partial charge on any atom is 0.345 e. The number of phenolic OH excluding ortho intramolecular Hbond substituents is 8. The van der Waals surface area contributed by atoms with Crippen molar-refractivity contribution in [2.24, 2.45) is 0 Å². The standard InChI is InChI=1S/C45H50N2O12/c1-3-46-15-7-8-24-16-25(31-21-37(52)41(54)29-11-5-9-27-28(40(29)31)10-6-12-33(27)48)17-30-23(18-36(51)43(56)39(24)30)13-14-38(53)59-44(45(57)58)32(22-47-4-2)26-19-34(49)42(55)35(50)20-26/h6,10,12-14,17-21,24,32,44,46-52,54-56H,3-5,7-9,11,15-16,22H2,1-2H3,(H,57,58)/t24-,32+,44+/m0/s1. The molecule has 2 aliphatic rings. The molecule has 59 heavy (non-hydrogen) atoms. The van der Waals surface area contributed by atoms with E-state index in [1.807, 2.05) is 13.0 Å². The first kappa shape index (κ1) is 42.2. The number of carboxylic acid groups (broad SMARTS) is 1. The fourth-order valence-corrected chi connectivity index (χ4v) is 8.31. The molecule has 0 saturated heterocycles. The van der Waals surface area contributed by atoms with Crippen molar-refractivity contribution in [2.45, 2.75) is 70.3 Å². The Morgan fingerprint density at radius 1 is 0.814 bits per heavy atom. The molecule has 0 aromatic heterocycles. The van der Waals surface area contributed by atoms with E-state index in [0.717, 1.165) is 30.3 Å². The first-order valence-electron chi connectivity index (χ1n) is 19.7. The average molecular weight is 811 g/mol. The Morgan fingerprint density at radius 2 is 1.49 bits per heavy atom. The monoisotopic (exact) mass is 810 g/mol. The number of carbonyl (C=O) groups is 2. The number of aromatic hydroxyl groups is 8. The van der Waals surface area contributed by atoms with Crippen LogP contribution in [0.2, 0.25) is 0 Å². The van der Waals surface area contributed by atoms with Gasteiger partial charge in [0.05, 0.1) is 0 Å². The zero-order valence-electron chi connectivity index (χ0n) is 32.8. The molecule has 0 radical (unpaired) electrons. The van der Waals surface area contributed by atoms with Crippen molar-refractivity contribution in [3.05, 3.63) is 87.5 Å². The van der Waals surface area contributed by atoms with E-state index in [2.05, 4.69) is 10.6 Å². The van der Waals surface area contributed by atoms with Crippen LogP contribution in [0.3, 0.4) is 0 Å². The Labute approximate surface area is 341 Å². The van der Waals surface area contributed by atoms with E-state index in [1.54, 1.807) is 25.1 Å². The van der Waals surface area contributed by atoms with Crippen LogP contribution < -0.4 is 10.6 Å². The molecule has 14 heteroatoms. The molecular weight excluding hydrogens is 760 g/mol. The fraction of sp³-hybridized carbons (Fsp3) is 0.333. The lowest BCUT2D eigenvalue weighted by Gasteiger charge is -2.30. The number of benzene rings is 4. The smallest absolute Gasteiger partial charge is 0.345 e. The van der Waals surface area contributed by atoms with Crippen LogP contribution in [0, 0.1) is 0 Å². The van der Waals surface area contributed by atoms with Gasteiger partial charge in [-0.25, -0.2) is 9.59 Å². The maximum absolute atomic E-state index is 13.5. The van der Waals surface area contributed by atoms with Crippen molar-refractivity contribution in [3.63, 3.8) is 0 Å². The number of fused-ring (bicyclic) bond motifs is 4. The molecule has 0 bridgehead atoms. The number of carboxylic acids is 1. The number of phenols is 8. The van der Waals surface area contributed by atoms with E-state index in [1.165, 1.54) is 18.2 Å². The summed E-state index contributed by atoms with van der Waals surface area (Å²) in [7, 11) is 0. The highest BCUT2D eigenvalue weighted by molar-refractivity contribution is 5.98. The minimum atomic E-state index is -1.82. The molecule has 2 aliphatic carbocycles. The number of aliphatic carboxylic acids is 1. The maximum atomic E-state index is 13.5. The Hall–Kier alpha value is -6.38. The number of hydrogen-bond donors (Lipinski definition) is 11.